The van der Waals surface area contributed by atoms with E-state index < -0.39 is 5.60 Å². The van der Waals surface area contributed by atoms with E-state index in [9.17, 15) is 5.11 Å². The SMILES string of the molecule is Cn1cc(-c2cnc3[nH]cc(-c4cc([C@@](C)(O)c5ccncc5)nc(N)n4)c3c2)cn1. The van der Waals surface area contributed by atoms with Crippen LogP contribution in [0.5, 0.6) is 0 Å². The van der Waals surface area contributed by atoms with Gasteiger partial charge < -0.3 is 15.8 Å². The Balaban J connectivity index is 1.64. The molecule has 0 saturated carbocycles. The van der Waals surface area contributed by atoms with Crippen molar-refractivity contribution in [2.75, 3.05) is 5.73 Å². The third-order valence-electron chi connectivity index (χ3n) is 5.33. The molecular formula is C22H20N8O. The maximum Gasteiger partial charge on any atom is 0.220 e. The third-order valence-corrected chi connectivity index (χ3v) is 5.33. The van der Waals surface area contributed by atoms with Crippen LogP contribution in [0.15, 0.2) is 61.4 Å². The predicted octanol–water partition coefficient (Wildman–Crippen LogP) is 2.65. The number of aromatic amines is 1. The average molecular weight is 412 g/mol. The van der Waals surface area contributed by atoms with Gasteiger partial charge in [0.05, 0.1) is 17.6 Å². The molecule has 0 aliphatic carbocycles. The number of nitrogens with one attached hydrogen (secondary N) is 1. The maximum atomic E-state index is 11.2. The minimum atomic E-state index is -1.36. The summed E-state index contributed by atoms with van der Waals surface area (Å²) in [5.41, 5.74) is 9.75. The quantitative estimate of drug-likeness (QED) is 0.413. The van der Waals surface area contributed by atoms with Crippen LogP contribution in [0.1, 0.15) is 18.2 Å². The zero-order valence-corrected chi connectivity index (χ0v) is 17.0. The Kier molecular flexibility index (Phi) is 4.26. The van der Waals surface area contributed by atoms with Gasteiger partial charge in [-0.15, -0.1) is 0 Å². The zero-order valence-electron chi connectivity index (χ0n) is 17.0. The number of anilines is 1. The third kappa shape index (κ3) is 3.30. The van der Waals surface area contributed by atoms with Crippen LogP contribution < -0.4 is 5.73 Å². The molecule has 0 aromatic carbocycles. The predicted molar refractivity (Wildman–Crippen MR) is 117 cm³/mol. The first kappa shape index (κ1) is 18.9. The Morgan fingerprint density at radius 3 is 2.65 bits per heavy atom. The van der Waals surface area contributed by atoms with Crippen molar-refractivity contribution >= 4 is 17.0 Å². The summed E-state index contributed by atoms with van der Waals surface area (Å²) in [7, 11) is 1.87. The number of pyridine rings is 2. The fraction of sp³-hybridized carbons (Fsp3) is 0.136. The maximum absolute atomic E-state index is 11.2. The van der Waals surface area contributed by atoms with Crippen molar-refractivity contribution < 1.29 is 5.11 Å². The summed E-state index contributed by atoms with van der Waals surface area (Å²) in [4.78, 5) is 20.4. The van der Waals surface area contributed by atoms with E-state index in [1.54, 1.807) is 54.6 Å². The van der Waals surface area contributed by atoms with Crippen LogP contribution in [0.3, 0.4) is 0 Å². The van der Waals surface area contributed by atoms with Gasteiger partial charge in [-0.25, -0.2) is 15.0 Å². The number of rotatable bonds is 4. The van der Waals surface area contributed by atoms with E-state index in [0.29, 0.717) is 17.0 Å². The molecule has 0 aliphatic rings. The standard InChI is InChI=1S/C22H20N8O/c1-22(31,15-3-5-24-6-4-15)19-8-18(28-21(23)29-19)17-11-26-20-16(17)7-13(9-25-20)14-10-27-30(2)12-14/h3-12,31H,1-2H3,(H,25,26)(H2,23,28,29)/t22-/m0/s1. The topological polar surface area (TPSA) is 131 Å². The van der Waals surface area contributed by atoms with E-state index >= 15 is 0 Å². The highest BCUT2D eigenvalue weighted by Gasteiger charge is 2.29. The average Bonchev–Trinajstić information content (AvgIpc) is 3.39. The monoisotopic (exact) mass is 412 g/mol. The fourth-order valence-corrected chi connectivity index (χ4v) is 3.62. The van der Waals surface area contributed by atoms with E-state index in [2.05, 4.69) is 30.0 Å². The Bertz CT molecular complexity index is 1390. The molecule has 5 aromatic heterocycles. The number of nitrogen functional groups attached to an aromatic ring is 1. The van der Waals surface area contributed by atoms with Gasteiger partial charge in [-0.1, -0.05) is 0 Å². The number of aryl methyl sites for hydroxylation is 1. The first-order valence-corrected chi connectivity index (χ1v) is 9.66. The van der Waals surface area contributed by atoms with Crippen molar-refractivity contribution in [2.24, 2.45) is 7.05 Å². The van der Waals surface area contributed by atoms with Gasteiger partial charge in [0.25, 0.3) is 0 Å². The molecule has 1 atom stereocenters. The van der Waals surface area contributed by atoms with Crippen LogP contribution in [-0.4, -0.2) is 39.8 Å². The lowest BCUT2D eigenvalue weighted by Crippen LogP contribution is -2.25. The molecular weight excluding hydrogens is 392 g/mol. The van der Waals surface area contributed by atoms with Crippen LogP contribution in [0.2, 0.25) is 0 Å². The highest BCUT2D eigenvalue weighted by atomic mass is 16.3. The van der Waals surface area contributed by atoms with Gasteiger partial charge in [-0.05, 0) is 36.8 Å². The van der Waals surface area contributed by atoms with Gasteiger partial charge in [0.1, 0.15) is 11.2 Å². The van der Waals surface area contributed by atoms with Crippen LogP contribution >= 0.6 is 0 Å². The lowest BCUT2D eigenvalue weighted by atomic mass is 9.92. The van der Waals surface area contributed by atoms with E-state index in [1.807, 2.05) is 25.5 Å². The van der Waals surface area contributed by atoms with Crippen molar-refractivity contribution in [3.8, 4) is 22.4 Å². The summed E-state index contributed by atoms with van der Waals surface area (Å²) >= 11 is 0. The Morgan fingerprint density at radius 1 is 1.10 bits per heavy atom. The van der Waals surface area contributed by atoms with Gasteiger partial charge in [0.2, 0.25) is 5.95 Å². The van der Waals surface area contributed by atoms with Crippen molar-refractivity contribution in [3.05, 3.63) is 72.7 Å². The summed E-state index contributed by atoms with van der Waals surface area (Å²) in [5.74, 6) is 0.0764. The fourth-order valence-electron chi connectivity index (χ4n) is 3.62. The van der Waals surface area contributed by atoms with Gasteiger partial charge in [0.15, 0.2) is 0 Å². The molecule has 0 unspecified atom stereocenters. The molecule has 5 heterocycles. The van der Waals surface area contributed by atoms with Gasteiger partial charge in [0, 0.05) is 60.1 Å². The zero-order chi connectivity index (χ0) is 21.6. The molecule has 0 fully saturated rings. The summed E-state index contributed by atoms with van der Waals surface area (Å²) in [6.45, 7) is 1.67. The van der Waals surface area contributed by atoms with Crippen molar-refractivity contribution in [3.63, 3.8) is 0 Å². The molecule has 9 nitrogen and oxygen atoms in total. The second kappa shape index (κ2) is 6.99. The number of hydrogen-bond acceptors (Lipinski definition) is 7. The largest absolute Gasteiger partial charge is 0.379 e. The van der Waals surface area contributed by atoms with Crippen LogP contribution in [0.25, 0.3) is 33.4 Å². The number of fused-ring (bicyclic) bond motifs is 1. The molecule has 154 valence electrons. The first-order valence-electron chi connectivity index (χ1n) is 9.66. The number of aliphatic hydroxyl groups is 1. The number of H-pyrrole nitrogens is 1. The highest BCUT2D eigenvalue weighted by Crippen LogP contribution is 2.34. The lowest BCUT2D eigenvalue weighted by Gasteiger charge is -2.23. The summed E-state index contributed by atoms with van der Waals surface area (Å²) < 4.78 is 1.75. The Labute approximate surface area is 177 Å². The van der Waals surface area contributed by atoms with Gasteiger partial charge >= 0.3 is 0 Å². The number of aromatic nitrogens is 7. The van der Waals surface area contributed by atoms with E-state index in [4.69, 9.17) is 5.73 Å². The number of nitrogens with two attached hydrogens (primary N) is 1. The molecule has 5 aromatic rings. The van der Waals surface area contributed by atoms with E-state index in [-0.39, 0.29) is 5.95 Å². The molecule has 4 N–H and O–H groups in total. The van der Waals surface area contributed by atoms with Crippen molar-refractivity contribution in [2.45, 2.75) is 12.5 Å². The summed E-state index contributed by atoms with van der Waals surface area (Å²) in [6.07, 6.45) is 10.6. The van der Waals surface area contributed by atoms with Crippen molar-refractivity contribution in [1.82, 2.24) is 34.7 Å². The number of nitrogens with zero attached hydrogens (tertiary/aromatic N) is 6. The van der Waals surface area contributed by atoms with Gasteiger partial charge in [-0.2, -0.15) is 5.10 Å². The Morgan fingerprint density at radius 2 is 1.90 bits per heavy atom. The normalized spacial score (nSPS) is 13.4. The Hall–Kier alpha value is -4.11. The second-order valence-corrected chi connectivity index (χ2v) is 7.53. The molecule has 31 heavy (non-hydrogen) atoms. The highest BCUT2D eigenvalue weighted by molar-refractivity contribution is 5.95. The van der Waals surface area contributed by atoms with E-state index in [1.165, 1.54) is 0 Å². The molecule has 0 radical (unpaired) electrons. The minimum absolute atomic E-state index is 0.0764. The second-order valence-electron chi connectivity index (χ2n) is 7.53. The van der Waals surface area contributed by atoms with E-state index in [0.717, 1.165) is 27.7 Å². The number of hydrogen-bond donors (Lipinski definition) is 3. The van der Waals surface area contributed by atoms with Crippen LogP contribution in [-0.2, 0) is 12.6 Å². The van der Waals surface area contributed by atoms with Crippen LogP contribution in [0, 0.1) is 0 Å². The molecule has 0 spiro atoms. The van der Waals surface area contributed by atoms with Gasteiger partial charge in [-0.3, -0.25) is 9.67 Å². The van der Waals surface area contributed by atoms with Crippen molar-refractivity contribution in [1.29, 1.82) is 0 Å². The molecule has 0 bridgehead atoms. The smallest absolute Gasteiger partial charge is 0.220 e. The summed E-state index contributed by atoms with van der Waals surface area (Å²) in [5, 5.41) is 16.3. The molecule has 0 saturated heterocycles. The molecule has 5 rings (SSSR count). The molecule has 0 aliphatic heterocycles. The molecule has 0 amide bonds. The van der Waals surface area contributed by atoms with Crippen LogP contribution in [0.4, 0.5) is 5.95 Å². The molecule has 9 heteroatoms. The minimum Gasteiger partial charge on any atom is -0.379 e. The lowest BCUT2D eigenvalue weighted by molar-refractivity contribution is 0.0974. The first-order chi connectivity index (χ1) is 14.9. The summed E-state index contributed by atoms with van der Waals surface area (Å²) in [6, 6.07) is 7.27.